The molecule has 0 bridgehead atoms. The lowest BCUT2D eigenvalue weighted by molar-refractivity contribution is -0.141. The van der Waals surface area contributed by atoms with Crippen LogP contribution in [0.1, 0.15) is 168 Å². The fraction of sp³-hybridized carbons (Fsp3) is 0.569. The van der Waals surface area contributed by atoms with Crippen molar-refractivity contribution in [3.8, 4) is 0 Å². The molecule has 0 aromatic heterocycles. The first-order valence-corrected chi connectivity index (χ1v) is 28.2. The van der Waals surface area contributed by atoms with Gasteiger partial charge >= 0.3 is 6.09 Å². The quantitative estimate of drug-likeness (QED) is 0.158. The predicted octanol–water partition coefficient (Wildman–Crippen LogP) is 13.6. The summed E-state index contributed by atoms with van der Waals surface area (Å²) in [6.45, 7) is 25.5. The lowest BCUT2D eigenvalue weighted by Gasteiger charge is -2.48. The molecular formula is C65H90N4O5. The monoisotopic (exact) mass is 1010 g/mol. The van der Waals surface area contributed by atoms with Crippen molar-refractivity contribution in [2.24, 2.45) is 34.5 Å². The third-order valence-electron chi connectivity index (χ3n) is 16.8. The molecule has 0 radical (unpaired) electrons. The molecule has 4 aliphatic heterocycles. The Balaban J connectivity index is 0.000000217. The van der Waals surface area contributed by atoms with Crippen LogP contribution in [0.3, 0.4) is 0 Å². The van der Waals surface area contributed by atoms with E-state index in [9.17, 15) is 19.2 Å². The number of carbonyl (C=O) groups excluding carboxylic acids is 4. The summed E-state index contributed by atoms with van der Waals surface area (Å²) in [7, 11) is 0. The van der Waals surface area contributed by atoms with Crippen LogP contribution in [0.5, 0.6) is 0 Å². The molecular weight excluding hydrogens is 917 g/mol. The number of nitrogens with zero attached hydrogens (tertiary/aromatic N) is 4. The Morgan fingerprint density at radius 1 is 0.459 bits per heavy atom. The number of ether oxygens (including phenoxy) is 1. The van der Waals surface area contributed by atoms with Crippen LogP contribution in [-0.2, 0) is 19.1 Å². The van der Waals surface area contributed by atoms with E-state index in [1.807, 2.05) is 25.7 Å². The van der Waals surface area contributed by atoms with Crippen molar-refractivity contribution < 1.29 is 23.9 Å². The number of carbonyl (C=O) groups is 4. The van der Waals surface area contributed by atoms with Crippen LogP contribution in [0.15, 0.2) is 121 Å². The van der Waals surface area contributed by atoms with Gasteiger partial charge in [-0.05, 0) is 129 Å². The fourth-order valence-electron chi connectivity index (χ4n) is 12.8. The summed E-state index contributed by atoms with van der Waals surface area (Å²) in [5.41, 5.74) is 4.98. The Morgan fingerprint density at radius 2 is 0.770 bits per heavy atom. The van der Waals surface area contributed by atoms with Gasteiger partial charge in [0.05, 0.1) is 0 Å². The maximum Gasteiger partial charge on any atom is 0.410 e. The summed E-state index contributed by atoms with van der Waals surface area (Å²) in [5.74, 6) is 3.07. The smallest absolute Gasteiger partial charge is 0.410 e. The number of piperidine rings is 4. The zero-order chi connectivity index (χ0) is 53.2. The molecule has 4 aromatic carbocycles. The van der Waals surface area contributed by atoms with E-state index in [1.165, 1.54) is 22.3 Å². The van der Waals surface area contributed by atoms with Crippen LogP contribution < -0.4 is 0 Å². The molecule has 400 valence electrons. The summed E-state index contributed by atoms with van der Waals surface area (Å²) in [5, 5.41) is 0. The third-order valence-corrected chi connectivity index (χ3v) is 16.8. The summed E-state index contributed by atoms with van der Waals surface area (Å²) >= 11 is 0. The van der Waals surface area contributed by atoms with E-state index in [1.54, 1.807) is 11.8 Å². The number of hydrogen-bond acceptors (Lipinski definition) is 5. The molecule has 4 unspecified atom stereocenters. The second-order valence-electron chi connectivity index (χ2n) is 25.4. The van der Waals surface area contributed by atoms with E-state index in [0.717, 1.165) is 77.5 Å². The molecule has 74 heavy (non-hydrogen) atoms. The van der Waals surface area contributed by atoms with Gasteiger partial charge in [0, 0.05) is 83.0 Å². The van der Waals surface area contributed by atoms with Gasteiger partial charge in [0.1, 0.15) is 5.60 Å². The normalized spacial score (nSPS) is 21.5. The summed E-state index contributed by atoms with van der Waals surface area (Å²) in [6, 6.07) is 43.9. The zero-order valence-electron chi connectivity index (χ0n) is 46.8. The molecule has 4 saturated heterocycles. The topological polar surface area (TPSA) is 90.5 Å². The third kappa shape index (κ3) is 15.1. The molecule has 0 saturated carbocycles. The van der Waals surface area contributed by atoms with E-state index in [4.69, 9.17) is 4.74 Å². The number of benzene rings is 4. The summed E-state index contributed by atoms with van der Waals surface area (Å²) in [6.07, 6.45) is 8.57. The van der Waals surface area contributed by atoms with Gasteiger partial charge in [-0.25, -0.2) is 4.79 Å². The largest absolute Gasteiger partial charge is 0.444 e. The van der Waals surface area contributed by atoms with Gasteiger partial charge in [-0.2, -0.15) is 0 Å². The Hall–Kier alpha value is -5.44. The summed E-state index contributed by atoms with van der Waals surface area (Å²) < 4.78 is 5.55. The average molecular weight is 1010 g/mol. The van der Waals surface area contributed by atoms with Gasteiger partial charge < -0.3 is 24.3 Å². The van der Waals surface area contributed by atoms with Crippen molar-refractivity contribution in [3.05, 3.63) is 144 Å². The van der Waals surface area contributed by atoms with Gasteiger partial charge in [0.25, 0.3) is 0 Å². The van der Waals surface area contributed by atoms with E-state index < -0.39 is 5.60 Å². The molecule has 4 amide bonds. The highest BCUT2D eigenvalue weighted by Gasteiger charge is 2.44. The maximum absolute atomic E-state index is 13.8. The number of likely N-dealkylation sites (tertiary alicyclic amines) is 4. The molecule has 4 heterocycles. The molecule has 9 heteroatoms. The highest BCUT2D eigenvalue weighted by molar-refractivity contribution is 5.78. The number of hydrogen-bond donors (Lipinski definition) is 0. The Morgan fingerprint density at radius 3 is 1.05 bits per heavy atom. The first kappa shape index (κ1) is 56.3. The predicted molar refractivity (Wildman–Crippen MR) is 300 cm³/mol. The van der Waals surface area contributed by atoms with Gasteiger partial charge in [-0.1, -0.05) is 163 Å². The number of amides is 4. The second-order valence-corrected chi connectivity index (χ2v) is 25.4. The summed E-state index contributed by atoms with van der Waals surface area (Å²) in [4.78, 5) is 59.6. The van der Waals surface area contributed by atoms with Crippen LogP contribution >= 0.6 is 0 Å². The minimum Gasteiger partial charge on any atom is -0.444 e. The van der Waals surface area contributed by atoms with Crippen LogP contribution in [0.4, 0.5) is 4.79 Å². The van der Waals surface area contributed by atoms with Crippen LogP contribution in [0, 0.1) is 34.5 Å². The Kier molecular flexibility index (Phi) is 19.0. The average Bonchev–Trinajstić information content (AvgIpc) is 3.37. The van der Waals surface area contributed by atoms with Gasteiger partial charge in [0.15, 0.2) is 0 Å². The van der Waals surface area contributed by atoms with E-state index >= 15 is 0 Å². The zero-order valence-corrected chi connectivity index (χ0v) is 46.8. The van der Waals surface area contributed by atoms with E-state index in [-0.39, 0.29) is 40.8 Å². The van der Waals surface area contributed by atoms with Crippen molar-refractivity contribution in [2.45, 2.75) is 163 Å². The lowest BCUT2D eigenvalue weighted by Crippen LogP contribution is -2.53. The van der Waals surface area contributed by atoms with E-state index in [0.29, 0.717) is 67.3 Å². The maximum atomic E-state index is 13.8. The molecule has 4 atom stereocenters. The first-order chi connectivity index (χ1) is 35.2. The lowest BCUT2D eigenvalue weighted by atomic mass is 9.69. The van der Waals surface area contributed by atoms with Crippen molar-refractivity contribution >= 4 is 23.8 Å². The van der Waals surface area contributed by atoms with Gasteiger partial charge in [-0.15, -0.1) is 0 Å². The Bertz CT molecular complexity index is 2310. The minimum absolute atomic E-state index is 0.00761. The van der Waals surface area contributed by atoms with E-state index in [2.05, 4.69) is 173 Å². The molecule has 0 spiro atoms. The molecule has 4 fully saturated rings. The van der Waals surface area contributed by atoms with Crippen molar-refractivity contribution in [1.82, 2.24) is 19.6 Å². The molecule has 0 aliphatic carbocycles. The van der Waals surface area contributed by atoms with Crippen LogP contribution in [0.2, 0.25) is 0 Å². The highest BCUT2D eigenvalue weighted by Crippen LogP contribution is 2.46. The SMILES string of the molecule is CC(=O)N1CCC(CC(=O)N2CCC(C(c3ccccc3)c3ccccc3)CC2C(C)(C)C)CC1.CC(C)(C)OC(=O)N1CCC(CC(=O)N2CCC(C(c3ccccc3)c3ccccc3)CC2C(C)(C)C)CC1. The fourth-order valence-corrected chi connectivity index (χ4v) is 12.8. The molecule has 0 N–H and O–H groups in total. The number of rotatable bonds is 10. The second kappa shape index (κ2) is 24.9. The van der Waals surface area contributed by atoms with Crippen molar-refractivity contribution in [3.63, 3.8) is 0 Å². The molecule has 4 aromatic rings. The highest BCUT2D eigenvalue weighted by atomic mass is 16.6. The van der Waals surface area contributed by atoms with Crippen LogP contribution in [0.25, 0.3) is 0 Å². The Labute approximate surface area is 445 Å². The van der Waals surface area contributed by atoms with Crippen molar-refractivity contribution in [2.75, 3.05) is 39.3 Å². The molecule has 8 rings (SSSR count). The first-order valence-electron chi connectivity index (χ1n) is 28.2. The van der Waals surface area contributed by atoms with Crippen molar-refractivity contribution in [1.29, 1.82) is 0 Å². The molecule has 9 nitrogen and oxygen atoms in total. The van der Waals surface area contributed by atoms with Crippen LogP contribution in [-0.4, -0.2) is 100 Å². The van der Waals surface area contributed by atoms with Gasteiger partial charge in [-0.3, -0.25) is 14.4 Å². The minimum atomic E-state index is -0.488. The molecule has 4 aliphatic rings. The standard InChI is InChI=1S/C34H48N2O3.C31H42N2O2/c1-33(2,3)29-24-28(31(26-13-9-7-10-14-26)27-15-11-8-12-16-27)19-22-36(29)30(37)23-25-17-20-35(21-18-25)32(38)39-34(4,5)6;1-23(34)32-18-15-24(16-19-32)21-29(35)33-20-17-27(22-28(33)31(2,3)4)30(25-11-7-5-8-12-25)26-13-9-6-10-14-26/h7-16,25,28-29,31H,17-24H2,1-6H3;5-14,24,27-28,30H,15-22H2,1-4H3. The van der Waals surface area contributed by atoms with Gasteiger partial charge in [0.2, 0.25) is 17.7 Å².